The Hall–Kier alpha value is -2.94. The molecule has 0 unspecified atom stereocenters. The fourth-order valence-electron chi connectivity index (χ4n) is 2.62. The molecule has 2 aromatic carbocycles. The summed E-state index contributed by atoms with van der Waals surface area (Å²) in [5.74, 6) is -0.113. The topological polar surface area (TPSA) is 42.0 Å². The molecule has 3 rings (SSSR count). The number of hydrogen-bond donors (Lipinski definition) is 1. The number of carbonyl (C=O) groups is 1. The molecule has 0 aliphatic carbocycles. The van der Waals surface area contributed by atoms with Crippen molar-refractivity contribution in [3.8, 4) is 11.3 Å². The normalized spacial score (nSPS) is 10.5. The zero-order valence-corrected chi connectivity index (χ0v) is 13.0. The van der Waals surface area contributed by atoms with Gasteiger partial charge in [0.05, 0.1) is 16.8 Å². The largest absolute Gasteiger partial charge is 0.349 e. The first-order valence-electron chi connectivity index (χ1n) is 7.55. The number of amides is 1. The molecular formula is C20H18N2O. The Morgan fingerprint density at radius 1 is 1.17 bits per heavy atom. The molecule has 0 saturated carbocycles. The van der Waals surface area contributed by atoms with Gasteiger partial charge in [0, 0.05) is 17.5 Å². The van der Waals surface area contributed by atoms with Crippen LogP contribution in [0.2, 0.25) is 0 Å². The number of nitrogens with one attached hydrogen (secondary N) is 1. The van der Waals surface area contributed by atoms with Gasteiger partial charge in [-0.15, -0.1) is 6.58 Å². The first kappa shape index (κ1) is 15.0. The van der Waals surface area contributed by atoms with E-state index in [1.54, 1.807) is 6.08 Å². The minimum Gasteiger partial charge on any atom is -0.349 e. The van der Waals surface area contributed by atoms with Crippen LogP contribution in [0.15, 0.2) is 67.3 Å². The predicted molar refractivity (Wildman–Crippen MR) is 94.4 cm³/mol. The van der Waals surface area contributed by atoms with Crippen molar-refractivity contribution < 1.29 is 4.79 Å². The number of aryl methyl sites for hydroxylation is 1. The van der Waals surface area contributed by atoms with Crippen LogP contribution in [-0.2, 0) is 0 Å². The van der Waals surface area contributed by atoms with Crippen LogP contribution in [0.4, 0.5) is 0 Å². The van der Waals surface area contributed by atoms with E-state index in [2.05, 4.69) is 11.9 Å². The van der Waals surface area contributed by atoms with E-state index in [0.29, 0.717) is 12.1 Å². The van der Waals surface area contributed by atoms with Gasteiger partial charge in [-0.1, -0.05) is 48.5 Å². The average Bonchev–Trinajstić information content (AvgIpc) is 2.59. The summed E-state index contributed by atoms with van der Waals surface area (Å²) in [5.41, 5.74) is 4.43. The van der Waals surface area contributed by atoms with E-state index in [4.69, 9.17) is 4.98 Å². The molecule has 3 aromatic rings. The standard InChI is InChI=1S/C20H18N2O/c1-3-12-21-20(23)17-13-19(15-9-5-4-8-14(15)2)22-18-11-7-6-10-16(17)18/h3-11,13H,1,12H2,2H3,(H,21,23). The zero-order valence-electron chi connectivity index (χ0n) is 13.0. The maximum atomic E-state index is 12.5. The van der Waals surface area contributed by atoms with Gasteiger partial charge in [-0.25, -0.2) is 4.98 Å². The lowest BCUT2D eigenvalue weighted by atomic mass is 10.0. The van der Waals surface area contributed by atoms with E-state index in [-0.39, 0.29) is 5.91 Å². The second kappa shape index (κ2) is 6.44. The summed E-state index contributed by atoms with van der Waals surface area (Å²) in [5, 5.41) is 3.70. The second-order valence-electron chi connectivity index (χ2n) is 5.39. The quantitative estimate of drug-likeness (QED) is 0.736. The maximum Gasteiger partial charge on any atom is 0.252 e. The van der Waals surface area contributed by atoms with Crippen molar-refractivity contribution in [3.63, 3.8) is 0 Å². The molecule has 0 aliphatic rings. The smallest absolute Gasteiger partial charge is 0.252 e. The number of fused-ring (bicyclic) bond motifs is 1. The third kappa shape index (κ3) is 2.99. The van der Waals surface area contributed by atoms with Gasteiger partial charge in [-0.3, -0.25) is 4.79 Å². The second-order valence-corrected chi connectivity index (χ2v) is 5.39. The monoisotopic (exact) mass is 302 g/mol. The lowest BCUT2D eigenvalue weighted by Crippen LogP contribution is -2.23. The number of hydrogen-bond acceptors (Lipinski definition) is 2. The van der Waals surface area contributed by atoms with Gasteiger partial charge in [0.15, 0.2) is 0 Å². The first-order chi connectivity index (χ1) is 11.2. The van der Waals surface area contributed by atoms with Crippen LogP contribution in [0, 0.1) is 6.92 Å². The molecule has 0 aliphatic heterocycles. The van der Waals surface area contributed by atoms with Crippen LogP contribution in [0.1, 0.15) is 15.9 Å². The van der Waals surface area contributed by atoms with E-state index in [1.807, 2.05) is 61.5 Å². The molecule has 0 bridgehead atoms. The number of benzene rings is 2. The zero-order chi connectivity index (χ0) is 16.2. The third-order valence-electron chi connectivity index (χ3n) is 3.79. The highest BCUT2D eigenvalue weighted by Crippen LogP contribution is 2.26. The SMILES string of the molecule is C=CCNC(=O)c1cc(-c2ccccc2C)nc2ccccc12. The van der Waals surface area contributed by atoms with Crippen molar-refractivity contribution in [1.82, 2.24) is 10.3 Å². The van der Waals surface area contributed by atoms with Gasteiger partial charge >= 0.3 is 0 Å². The van der Waals surface area contributed by atoms with E-state index >= 15 is 0 Å². The number of para-hydroxylation sites is 1. The number of rotatable bonds is 4. The Bertz CT molecular complexity index is 884. The van der Waals surface area contributed by atoms with Crippen LogP contribution in [0.3, 0.4) is 0 Å². The summed E-state index contributed by atoms with van der Waals surface area (Å²) in [6.07, 6.45) is 1.67. The van der Waals surface area contributed by atoms with Crippen LogP contribution >= 0.6 is 0 Å². The van der Waals surface area contributed by atoms with Gasteiger partial charge in [-0.05, 0) is 24.6 Å². The maximum absolute atomic E-state index is 12.5. The average molecular weight is 302 g/mol. The molecule has 1 amide bonds. The summed E-state index contributed by atoms with van der Waals surface area (Å²) < 4.78 is 0. The number of aromatic nitrogens is 1. The van der Waals surface area contributed by atoms with Crippen LogP contribution in [-0.4, -0.2) is 17.4 Å². The molecule has 0 radical (unpaired) electrons. The van der Waals surface area contributed by atoms with E-state index in [1.165, 1.54) is 0 Å². The van der Waals surface area contributed by atoms with Crippen molar-refractivity contribution in [2.75, 3.05) is 6.54 Å². The van der Waals surface area contributed by atoms with Gasteiger partial charge in [0.1, 0.15) is 0 Å². The highest BCUT2D eigenvalue weighted by Gasteiger charge is 2.14. The number of nitrogens with zero attached hydrogens (tertiary/aromatic N) is 1. The van der Waals surface area contributed by atoms with Crippen molar-refractivity contribution in [1.29, 1.82) is 0 Å². The van der Waals surface area contributed by atoms with Crippen LogP contribution < -0.4 is 5.32 Å². The molecule has 0 saturated heterocycles. The summed E-state index contributed by atoms with van der Waals surface area (Å²) in [4.78, 5) is 17.2. The van der Waals surface area contributed by atoms with Crippen molar-refractivity contribution in [2.45, 2.75) is 6.92 Å². The number of pyridine rings is 1. The molecule has 0 atom stereocenters. The Balaban J connectivity index is 2.20. The summed E-state index contributed by atoms with van der Waals surface area (Å²) in [6, 6.07) is 17.6. The molecule has 3 heteroatoms. The Kier molecular flexibility index (Phi) is 4.20. The molecule has 3 nitrogen and oxygen atoms in total. The van der Waals surface area contributed by atoms with E-state index in [9.17, 15) is 4.79 Å². The predicted octanol–water partition coefficient (Wildman–Crippen LogP) is 4.13. The molecular weight excluding hydrogens is 284 g/mol. The molecule has 114 valence electrons. The van der Waals surface area contributed by atoms with Crippen LogP contribution in [0.5, 0.6) is 0 Å². The molecule has 1 heterocycles. The van der Waals surface area contributed by atoms with Gasteiger partial charge in [0.2, 0.25) is 0 Å². The Labute approximate surface area is 135 Å². The first-order valence-corrected chi connectivity index (χ1v) is 7.55. The lowest BCUT2D eigenvalue weighted by molar-refractivity contribution is 0.0959. The summed E-state index contributed by atoms with van der Waals surface area (Å²) in [6.45, 7) is 6.12. The fraction of sp³-hybridized carbons (Fsp3) is 0.100. The lowest BCUT2D eigenvalue weighted by Gasteiger charge is -2.11. The van der Waals surface area contributed by atoms with Crippen molar-refractivity contribution in [3.05, 3.63) is 78.4 Å². The van der Waals surface area contributed by atoms with Gasteiger partial charge < -0.3 is 5.32 Å². The third-order valence-corrected chi connectivity index (χ3v) is 3.79. The summed E-state index contributed by atoms with van der Waals surface area (Å²) >= 11 is 0. The van der Waals surface area contributed by atoms with Crippen LogP contribution in [0.25, 0.3) is 22.2 Å². The Morgan fingerprint density at radius 2 is 1.91 bits per heavy atom. The molecule has 0 fully saturated rings. The van der Waals surface area contributed by atoms with Crippen molar-refractivity contribution in [2.24, 2.45) is 0 Å². The fourth-order valence-corrected chi connectivity index (χ4v) is 2.62. The van der Waals surface area contributed by atoms with Gasteiger partial charge in [0.25, 0.3) is 5.91 Å². The molecule has 1 N–H and O–H groups in total. The molecule has 23 heavy (non-hydrogen) atoms. The minimum atomic E-state index is -0.113. The highest BCUT2D eigenvalue weighted by molar-refractivity contribution is 6.07. The highest BCUT2D eigenvalue weighted by atomic mass is 16.1. The van der Waals surface area contributed by atoms with Gasteiger partial charge in [-0.2, -0.15) is 0 Å². The summed E-state index contributed by atoms with van der Waals surface area (Å²) in [7, 11) is 0. The molecule has 1 aromatic heterocycles. The molecule has 0 spiro atoms. The van der Waals surface area contributed by atoms with Crippen molar-refractivity contribution >= 4 is 16.8 Å². The Morgan fingerprint density at radius 3 is 2.70 bits per heavy atom. The van der Waals surface area contributed by atoms with E-state index < -0.39 is 0 Å². The minimum absolute atomic E-state index is 0.113. The number of carbonyl (C=O) groups excluding carboxylic acids is 1. The van der Waals surface area contributed by atoms with E-state index in [0.717, 1.165) is 27.7 Å².